The molecule has 0 radical (unpaired) electrons. The maximum Gasteiger partial charge on any atom is 0.319 e. The second-order valence-corrected chi connectivity index (χ2v) is 9.12. The van der Waals surface area contributed by atoms with Crippen LogP contribution in [0.2, 0.25) is 5.02 Å². The lowest BCUT2D eigenvalue weighted by Gasteiger charge is -2.59. The number of nitrogens with one attached hydrogen (secondary N) is 2. The minimum Gasteiger partial charge on any atom is -0.495 e. The number of ether oxygens (including phenoxy) is 1. The van der Waals surface area contributed by atoms with Crippen molar-refractivity contribution < 1.29 is 9.53 Å². The first-order valence-corrected chi connectivity index (χ1v) is 10.3. The van der Waals surface area contributed by atoms with Crippen molar-refractivity contribution in [2.75, 3.05) is 12.4 Å². The van der Waals surface area contributed by atoms with E-state index >= 15 is 0 Å². The van der Waals surface area contributed by atoms with Gasteiger partial charge in [0.1, 0.15) is 5.75 Å². The van der Waals surface area contributed by atoms with Crippen molar-refractivity contribution in [3.63, 3.8) is 0 Å². The van der Waals surface area contributed by atoms with E-state index in [0.29, 0.717) is 21.9 Å². The molecule has 4 nitrogen and oxygen atoms in total. The van der Waals surface area contributed by atoms with Crippen molar-refractivity contribution in [1.29, 1.82) is 0 Å². The zero-order valence-electron chi connectivity index (χ0n) is 15.7. The SMILES string of the molecule is CC[C@@H](NC(=O)Nc1cc(Cl)ccc1OC)C12CC3CC(CC(C3)C1)C2. The number of methoxy groups -OCH3 is 1. The molecule has 0 saturated heterocycles. The molecular formula is C21H29ClN2O2. The maximum atomic E-state index is 12.7. The highest BCUT2D eigenvalue weighted by Crippen LogP contribution is 2.61. The normalized spacial score (nSPS) is 33.0. The number of anilines is 1. The number of carbonyl (C=O) groups is 1. The lowest BCUT2D eigenvalue weighted by Crippen LogP contribution is -2.57. The zero-order valence-corrected chi connectivity index (χ0v) is 16.4. The largest absolute Gasteiger partial charge is 0.495 e. The molecule has 0 heterocycles. The summed E-state index contributed by atoms with van der Waals surface area (Å²) in [5, 5.41) is 6.81. The van der Waals surface area contributed by atoms with Crippen LogP contribution in [0.5, 0.6) is 5.75 Å². The van der Waals surface area contributed by atoms with Gasteiger partial charge in [0.05, 0.1) is 12.8 Å². The van der Waals surface area contributed by atoms with E-state index in [9.17, 15) is 4.79 Å². The fourth-order valence-electron chi connectivity index (χ4n) is 6.39. The Balaban J connectivity index is 1.47. The van der Waals surface area contributed by atoms with E-state index in [4.69, 9.17) is 16.3 Å². The minimum absolute atomic E-state index is 0.159. The fourth-order valence-corrected chi connectivity index (χ4v) is 6.56. The van der Waals surface area contributed by atoms with Gasteiger partial charge in [-0.15, -0.1) is 0 Å². The third kappa shape index (κ3) is 3.28. The van der Waals surface area contributed by atoms with E-state index in [2.05, 4.69) is 17.6 Å². The molecule has 4 aliphatic rings. The molecule has 2 N–H and O–H groups in total. The number of urea groups is 1. The fraction of sp³-hybridized carbons (Fsp3) is 0.667. The summed E-state index contributed by atoms with van der Waals surface area (Å²) in [5.74, 6) is 3.27. The first kappa shape index (κ1) is 18.0. The quantitative estimate of drug-likeness (QED) is 0.716. The first-order chi connectivity index (χ1) is 12.5. The van der Waals surface area contributed by atoms with Gasteiger partial charge in [0.25, 0.3) is 0 Å². The molecule has 5 rings (SSSR count). The van der Waals surface area contributed by atoms with Crippen LogP contribution in [0.1, 0.15) is 51.9 Å². The molecule has 4 aliphatic carbocycles. The van der Waals surface area contributed by atoms with Crippen LogP contribution in [0.15, 0.2) is 18.2 Å². The van der Waals surface area contributed by atoms with Gasteiger partial charge in [0.15, 0.2) is 0 Å². The molecule has 2 amide bonds. The predicted octanol–water partition coefficient (Wildman–Crippen LogP) is 5.47. The second kappa shape index (κ2) is 6.95. The number of hydrogen-bond acceptors (Lipinski definition) is 2. The van der Waals surface area contributed by atoms with Crippen LogP contribution in [-0.2, 0) is 0 Å². The number of rotatable bonds is 5. The molecule has 0 unspecified atom stereocenters. The van der Waals surface area contributed by atoms with Crippen LogP contribution in [0, 0.1) is 23.2 Å². The number of halogens is 1. The number of benzene rings is 1. The van der Waals surface area contributed by atoms with Crippen LogP contribution in [0.25, 0.3) is 0 Å². The second-order valence-electron chi connectivity index (χ2n) is 8.68. The lowest BCUT2D eigenvalue weighted by atomic mass is 9.47. The van der Waals surface area contributed by atoms with Crippen molar-refractivity contribution in [2.45, 2.75) is 57.9 Å². The van der Waals surface area contributed by atoms with Crippen LogP contribution < -0.4 is 15.4 Å². The molecule has 4 fully saturated rings. The summed E-state index contributed by atoms with van der Waals surface area (Å²) in [6.45, 7) is 2.20. The number of amides is 2. The molecule has 5 heteroatoms. The van der Waals surface area contributed by atoms with Gasteiger partial charge in [-0.1, -0.05) is 18.5 Å². The van der Waals surface area contributed by atoms with Crippen molar-refractivity contribution >= 4 is 23.3 Å². The van der Waals surface area contributed by atoms with Gasteiger partial charge < -0.3 is 15.4 Å². The van der Waals surface area contributed by atoms with Gasteiger partial charge in [-0.2, -0.15) is 0 Å². The van der Waals surface area contributed by atoms with Crippen molar-refractivity contribution in [3.8, 4) is 5.75 Å². The Morgan fingerprint density at radius 2 is 1.85 bits per heavy atom. The van der Waals surface area contributed by atoms with Crippen LogP contribution >= 0.6 is 11.6 Å². The molecule has 4 bridgehead atoms. The highest BCUT2D eigenvalue weighted by atomic mass is 35.5. The monoisotopic (exact) mass is 376 g/mol. The van der Waals surface area contributed by atoms with Crippen LogP contribution in [-0.4, -0.2) is 19.2 Å². The molecular weight excluding hydrogens is 348 g/mol. The Kier molecular flexibility index (Phi) is 4.81. The highest BCUT2D eigenvalue weighted by molar-refractivity contribution is 6.31. The van der Waals surface area contributed by atoms with Gasteiger partial charge in [-0.25, -0.2) is 4.79 Å². The lowest BCUT2D eigenvalue weighted by molar-refractivity contribution is -0.0719. The Morgan fingerprint density at radius 3 is 2.38 bits per heavy atom. The standard InChI is InChI=1S/C21H29ClN2O2/c1-3-19(21-10-13-6-14(11-21)8-15(7-13)12-21)24-20(25)23-17-9-16(22)4-5-18(17)26-2/h4-5,9,13-15,19H,3,6-8,10-12H2,1-2H3,(H2,23,24,25)/t13?,14?,15?,19-,21?/m1/s1. The smallest absolute Gasteiger partial charge is 0.319 e. The zero-order chi connectivity index (χ0) is 18.3. The molecule has 4 saturated carbocycles. The van der Waals surface area contributed by atoms with E-state index in [0.717, 1.165) is 24.2 Å². The third-order valence-corrected chi connectivity index (χ3v) is 7.18. The first-order valence-electron chi connectivity index (χ1n) is 9.92. The molecule has 1 aromatic rings. The molecule has 0 aromatic heterocycles. The molecule has 142 valence electrons. The summed E-state index contributed by atoms with van der Waals surface area (Å²) in [4.78, 5) is 12.7. The molecule has 26 heavy (non-hydrogen) atoms. The summed E-state index contributed by atoms with van der Waals surface area (Å²) in [5.41, 5.74) is 0.914. The third-order valence-electron chi connectivity index (χ3n) is 6.95. The highest BCUT2D eigenvalue weighted by Gasteiger charge is 2.54. The van der Waals surface area contributed by atoms with Crippen molar-refractivity contribution in [1.82, 2.24) is 5.32 Å². The van der Waals surface area contributed by atoms with Gasteiger partial charge in [-0.05, 0) is 86.3 Å². The summed E-state index contributed by atoms with van der Waals surface area (Å²) in [6.07, 6.45) is 9.10. The van der Waals surface area contributed by atoms with E-state index in [-0.39, 0.29) is 12.1 Å². The van der Waals surface area contributed by atoms with Gasteiger partial charge in [0, 0.05) is 11.1 Å². The van der Waals surface area contributed by atoms with Crippen LogP contribution in [0.3, 0.4) is 0 Å². The topological polar surface area (TPSA) is 50.4 Å². The Morgan fingerprint density at radius 1 is 1.23 bits per heavy atom. The number of hydrogen-bond donors (Lipinski definition) is 2. The van der Waals surface area contributed by atoms with Crippen molar-refractivity contribution in [2.24, 2.45) is 23.2 Å². The van der Waals surface area contributed by atoms with E-state index in [1.54, 1.807) is 25.3 Å². The Hall–Kier alpha value is -1.42. The van der Waals surface area contributed by atoms with E-state index in [1.165, 1.54) is 38.5 Å². The molecule has 0 aliphatic heterocycles. The minimum atomic E-state index is -0.159. The molecule has 1 atom stereocenters. The van der Waals surface area contributed by atoms with Gasteiger partial charge >= 0.3 is 6.03 Å². The predicted molar refractivity (Wildman–Crippen MR) is 105 cm³/mol. The maximum absolute atomic E-state index is 12.7. The number of carbonyl (C=O) groups excluding carboxylic acids is 1. The average Bonchev–Trinajstić information content (AvgIpc) is 2.58. The van der Waals surface area contributed by atoms with Gasteiger partial charge in [-0.3, -0.25) is 0 Å². The summed E-state index contributed by atoms with van der Waals surface area (Å²) in [6, 6.07) is 5.34. The molecule has 1 aromatic carbocycles. The van der Waals surface area contributed by atoms with E-state index < -0.39 is 0 Å². The Bertz CT molecular complexity index is 655. The van der Waals surface area contributed by atoms with E-state index in [1.807, 2.05) is 0 Å². The van der Waals surface area contributed by atoms with Crippen molar-refractivity contribution in [3.05, 3.63) is 23.2 Å². The summed E-state index contributed by atoms with van der Waals surface area (Å²) < 4.78 is 5.33. The van der Waals surface area contributed by atoms with Gasteiger partial charge in [0.2, 0.25) is 0 Å². The summed E-state index contributed by atoms with van der Waals surface area (Å²) >= 11 is 6.07. The van der Waals surface area contributed by atoms with Crippen LogP contribution in [0.4, 0.5) is 10.5 Å². The average molecular weight is 377 g/mol. The Labute approximate surface area is 161 Å². The summed E-state index contributed by atoms with van der Waals surface area (Å²) in [7, 11) is 1.59. The molecule has 0 spiro atoms.